The molecule has 1 aliphatic carbocycles. The second-order valence-electron chi connectivity index (χ2n) is 22.0. The average molecular weight is 1090 g/mol. The zero-order valence-electron chi connectivity index (χ0n) is 45.9. The third-order valence-corrected chi connectivity index (χ3v) is 16.3. The summed E-state index contributed by atoms with van der Waals surface area (Å²) in [5.41, 5.74) is 16.3. The Morgan fingerprint density at radius 3 is 2.44 bits per heavy atom. The van der Waals surface area contributed by atoms with Gasteiger partial charge >= 0.3 is 6.01 Å². The van der Waals surface area contributed by atoms with Crippen LogP contribution in [-0.4, -0.2) is 126 Å². The van der Waals surface area contributed by atoms with Crippen molar-refractivity contribution in [2.45, 2.75) is 116 Å². The van der Waals surface area contributed by atoms with Crippen molar-refractivity contribution in [2.24, 2.45) is 5.92 Å². The van der Waals surface area contributed by atoms with E-state index in [4.69, 9.17) is 35.3 Å². The molecule has 7 aromatic rings. The van der Waals surface area contributed by atoms with Crippen molar-refractivity contribution in [3.63, 3.8) is 0 Å². The summed E-state index contributed by atoms with van der Waals surface area (Å²) < 4.78 is 36.6. The number of carbonyl (C=O) groups is 1. The summed E-state index contributed by atoms with van der Waals surface area (Å²) in [7, 11) is 1.63. The zero-order valence-corrected chi connectivity index (χ0v) is 45.9. The highest BCUT2D eigenvalue weighted by Gasteiger charge is 2.42. The van der Waals surface area contributed by atoms with Crippen LogP contribution in [0.3, 0.4) is 0 Å². The van der Waals surface area contributed by atoms with Crippen LogP contribution in [0.1, 0.15) is 98.2 Å². The fourth-order valence-electron chi connectivity index (χ4n) is 11.7. The lowest BCUT2D eigenvalue weighted by Crippen LogP contribution is -2.51. The highest BCUT2D eigenvalue weighted by atomic mass is 19.1. The molecule has 6 atom stereocenters. The minimum absolute atomic E-state index is 0.111. The van der Waals surface area contributed by atoms with E-state index in [9.17, 15) is 15.0 Å². The van der Waals surface area contributed by atoms with Crippen LogP contribution in [0.2, 0.25) is 0 Å². The average Bonchev–Trinajstić information content (AvgIpc) is 3.45. The minimum atomic E-state index is -1.09. The van der Waals surface area contributed by atoms with Gasteiger partial charge in [-0.2, -0.15) is 20.2 Å². The van der Waals surface area contributed by atoms with Crippen molar-refractivity contribution in [2.75, 3.05) is 44.0 Å². The number of methoxy groups -OCH3 is 1. The summed E-state index contributed by atoms with van der Waals surface area (Å²) in [6.07, 6.45) is 10.3. The monoisotopic (exact) mass is 1090 g/mol. The SMILES string of the molecule is CO[C@@H](C)COc1nc(N2C[C@@H]3C[C@H]2CN3)c2cc(C3CC3)c(-c3c(C)c(F)cc(N)c3C=[NH2+])c(OCc3ccc(-c4cn([C@@H](C(C)C)C(O)N5CCC[C@H]5C(=O)N/C(=C/O)c5ccc(-c6cnncc6C)cc5)nn4)cc3)c2n1. The molecule has 20 heteroatoms. The van der Waals surface area contributed by atoms with Crippen LogP contribution in [0.4, 0.5) is 15.9 Å². The number of carbonyl (C=O) groups excluding carboxylic acids is 1. The van der Waals surface area contributed by atoms with Crippen LogP contribution < -0.4 is 36.2 Å². The molecule has 1 amide bonds. The molecule has 6 heterocycles. The van der Waals surface area contributed by atoms with Crippen LogP contribution in [-0.2, 0) is 16.1 Å². The molecule has 4 aromatic carbocycles. The maximum atomic E-state index is 16.0. The van der Waals surface area contributed by atoms with E-state index in [1.807, 2.05) is 82.4 Å². The molecule has 0 radical (unpaired) electrons. The van der Waals surface area contributed by atoms with E-state index in [0.29, 0.717) is 70.2 Å². The van der Waals surface area contributed by atoms with Gasteiger partial charge in [-0.15, -0.1) is 5.10 Å². The second-order valence-corrected chi connectivity index (χ2v) is 22.0. The minimum Gasteiger partial charge on any atom is -0.513 e. The number of amides is 1. The first kappa shape index (κ1) is 54.1. The Balaban J connectivity index is 0.863. The number of fused-ring (bicyclic) bond motifs is 3. The molecule has 11 rings (SSSR count). The van der Waals surface area contributed by atoms with Crippen molar-refractivity contribution in [1.29, 1.82) is 0 Å². The molecule has 0 spiro atoms. The smallest absolute Gasteiger partial charge is 0.319 e. The van der Waals surface area contributed by atoms with Gasteiger partial charge in [0.05, 0.1) is 48.0 Å². The number of aryl methyl sites for hydroxylation is 1. The molecule has 416 valence electrons. The lowest BCUT2D eigenvalue weighted by Gasteiger charge is -2.35. The van der Waals surface area contributed by atoms with Crippen molar-refractivity contribution >= 4 is 40.2 Å². The molecule has 3 saturated heterocycles. The summed E-state index contributed by atoms with van der Waals surface area (Å²) in [4.78, 5) is 28.3. The maximum Gasteiger partial charge on any atom is 0.319 e. The van der Waals surface area contributed by atoms with Gasteiger partial charge in [-0.05, 0) is 105 Å². The number of anilines is 2. The predicted molar refractivity (Wildman–Crippen MR) is 303 cm³/mol. The molecule has 1 unspecified atom stereocenters. The number of piperazine rings is 1. The van der Waals surface area contributed by atoms with Gasteiger partial charge in [-0.3, -0.25) is 15.1 Å². The molecule has 19 nitrogen and oxygen atoms in total. The van der Waals surface area contributed by atoms with Crippen molar-refractivity contribution < 1.29 is 39.0 Å². The highest BCUT2D eigenvalue weighted by molar-refractivity contribution is 6.05. The number of hydrogen-bond acceptors (Lipinski definition) is 16. The first-order valence-electron chi connectivity index (χ1n) is 27.5. The number of halogens is 1. The van der Waals surface area contributed by atoms with Gasteiger partial charge < -0.3 is 45.7 Å². The van der Waals surface area contributed by atoms with Gasteiger partial charge in [0.25, 0.3) is 0 Å². The Morgan fingerprint density at radius 2 is 1.76 bits per heavy atom. The number of nitrogens with one attached hydrogen (secondary N) is 2. The van der Waals surface area contributed by atoms with Gasteiger partial charge in [-0.25, -0.2) is 9.07 Å². The summed E-state index contributed by atoms with van der Waals surface area (Å²) in [6, 6.07) is 18.3. The first-order valence-corrected chi connectivity index (χ1v) is 27.5. The van der Waals surface area contributed by atoms with E-state index in [2.05, 4.69) is 42.1 Å². The lowest BCUT2D eigenvalue weighted by molar-refractivity contribution is -0.131. The standard InChI is InChI=1S/C60H68FN13O6/c1-32(2)55(59(77)72-19-7-8-51(72)58(76)67-50(29-75)40-17-15-38(16-18-40)46-26-66-65-24-33(46)3)74-28-49(70-71-74)39-11-9-36(10-12-39)31-79-56-53(52-35(5)47(61)22-48(63)45(52)23-62)43(37-13-14-37)21-44-54(56)68-60(80-30-34(4)78-6)69-57(44)73-27-41-20-42(73)25-64-41/h9-12,15-18,21-24,26,28-29,32,34,37,41-42,51,55,59,62,64,75,77H,7-8,13-14,19-20,25,27,30-31,63H2,1-6H3,(H,67,76)/p+1/b50-29+,62-23?/t34-,41-,42-,51-,55-,59?/m0/s1. The number of benzene rings is 4. The van der Waals surface area contributed by atoms with E-state index in [0.717, 1.165) is 83.2 Å². The Bertz CT molecular complexity index is 3480. The van der Waals surface area contributed by atoms with E-state index >= 15 is 4.39 Å². The number of aliphatic hydroxyl groups is 2. The summed E-state index contributed by atoms with van der Waals surface area (Å²) >= 11 is 0. The van der Waals surface area contributed by atoms with Crippen LogP contribution in [0, 0.1) is 25.6 Å². The number of likely N-dealkylation sites (tertiary alicyclic amines) is 1. The number of aromatic nitrogens is 7. The van der Waals surface area contributed by atoms with Crippen LogP contribution in [0.5, 0.6) is 11.8 Å². The molecular weight excluding hydrogens is 1020 g/mol. The molecule has 4 aliphatic rings. The quantitative estimate of drug-likeness (QED) is 0.0267. The van der Waals surface area contributed by atoms with Gasteiger partial charge in [0, 0.05) is 77.7 Å². The lowest BCUT2D eigenvalue weighted by atomic mass is 9.87. The molecule has 4 fully saturated rings. The maximum absolute atomic E-state index is 16.0. The number of hydrogen-bond donors (Lipinski definition) is 6. The number of ether oxygens (including phenoxy) is 3. The summed E-state index contributed by atoms with van der Waals surface area (Å²) in [5, 5.41) is 53.2. The van der Waals surface area contributed by atoms with Gasteiger partial charge in [0.2, 0.25) is 5.91 Å². The van der Waals surface area contributed by atoms with E-state index in [-0.39, 0.29) is 60.5 Å². The summed E-state index contributed by atoms with van der Waals surface area (Å²) in [6.45, 7) is 12.0. The van der Waals surface area contributed by atoms with Gasteiger partial charge in [0.15, 0.2) is 12.0 Å². The number of nitrogens with zero attached hydrogens (tertiary/aromatic N) is 9. The Hall–Kier alpha value is -7.91. The molecule has 3 aliphatic heterocycles. The normalized spacial score (nSPS) is 19.4. The highest BCUT2D eigenvalue weighted by Crippen LogP contribution is 2.53. The topological polar surface area (TPSA) is 250 Å². The molecule has 8 N–H and O–H groups in total. The Morgan fingerprint density at radius 1 is 1.00 bits per heavy atom. The van der Waals surface area contributed by atoms with Crippen molar-refractivity contribution in [3.05, 3.63) is 125 Å². The fraction of sp³-hybridized carbons (Fsp3) is 0.400. The zero-order chi connectivity index (χ0) is 55.9. The number of aliphatic hydroxyl groups excluding tert-OH is 2. The Labute approximate surface area is 463 Å². The summed E-state index contributed by atoms with van der Waals surface area (Å²) in [5.74, 6) is 0.479. The molecule has 3 aromatic heterocycles. The number of rotatable bonds is 20. The number of nitrogens with two attached hydrogens (primary N) is 2. The molecular formula is C60H69FN13O6+. The van der Waals surface area contributed by atoms with Gasteiger partial charge in [0.1, 0.15) is 48.5 Å². The number of nitrogen functional groups attached to an aromatic ring is 1. The van der Waals surface area contributed by atoms with Crippen LogP contribution in [0.25, 0.3) is 50.1 Å². The van der Waals surface area contributed by atoms with Crippen LogP contribution >= 0.6 is 0 Å². The third kappa shape index (κ3) is 10.5. The van der Waals surface area contributed by atoms with Crippen molar-refractivity contribution in [1.82, 2.24) is 50.7 Å². The third-order valence-electron chi connectivity index (χ3n) is 16.3. The fourth-order valence-corrected chi connectivity index (χ4v) is 11.7. The van der Waals surface area contributed by atoms with Crippen LogP contribution in [0.15, 0.2) is 85.5 Å². The van der Waals surface area contributed by atoms with E-state index in [1.54, 1.807) is 36.0 Å². The molecule has 2 bridgehead atoms. The molecule has 80 heavy (non-hydrogen) atoms. The first-order chi connectivity index (χ1) is 38.7. The van der Waals surface area contributed by atoms with E-state index < -0.39 is 24.1 Å². The van der Waals surface area contributed by atoms with E-state index in [1.165, 1.54) is 12.3 Å². The molecule has 1 saturated carbocycles. The largest absolute Gasteiger partial charge is 0.513 e. The predicted octanol–water partition coefficient (Wildman–Crippen LogP) is 6.60. The second kappa shape index (κ2) is 22.7. The van der Waals surface area contributed by atoms with Crippen molar-refractivity contribution in [3.8, 4) is 45.3 Å². The Kier molecular flexibility index (Phi) is 15.3. The van der Waals surface area contributed by atoms with Gasteiger partial charge in [-0.1, -0.05) is 67.6 Å².